The van der Waals surface area contributed by atoms with Crippen molar-refractivity contribution in [3.8, 4) is 0 Å². The molecule has 1 atom stereocenters. The van der Waals surface area contributed by atoms with E-state index in [2.05, 4.69) is 29.9 Å². The van der Waals surface area contributed by atoms with E-state index >= 15 is 0 Å². The number of halogens is 2. The lowest BCUT2D eigenvalue weighted by molar-refractivity contribution is -0.0488. The summed E-state index contributed by atoms with van der Waals surface area (Å²) in [5.41, 5.74) is 0. The van der Waals surface area contributed by atoms with Gasteiger partial charge in [0.2, 0.25) is 0 Å². The van der Waals surface area contributed by atoms with Crippen LogP contribution in [0.4, 0.5) is 4.53 Å². The molecule has 0 aromatic heterocycles. The molecule has 14 heavy (non-hydrogen) atoms. The van der Waals surface area contributed by atoms with Crippen LogP contribution >= 0.6 is 19.7 Å². The Hall–Kier alpha value is 0.250. The number of rotatable bonds is 9. The minimum absolute atomic E-state index is 0.0942. The Morgan fingerprint density at radius 2 is 1.93 bits per heavy atom. The smallest absolute Gasteiger partial charge is 0.382 e. The van der Waals surface area contributed by atoms with Crippen LogP contribution in [0.2, 0.25) is 0 Å². The maximum Gasteiger partial charge on any atom is 0.522 e. The minimum Gasteiger partial charge on any atom is -0.382 e. The van der Waals surface area contributed by atoms with Gasteiger partial charge < -0.3 is 9.47 Å². The van der Waals surface area contributed by atoms with Crippen LogP contribution in [-0.4, -0.2) is 33.5 Å². The Morgan fingerprint density at radius 3 is 2.43 bits per heavy atom. The molecule has 6 nitrogen and oxygen atoms in total. The lowest BCUT2D eigenvalue weighted by atomic mass is 10.7. The maximum atomic E-state index is 11.5. The van der Waals surface area contributed by atoms with Crippen LogP contribution in [0.25, 0.3) is 0 Å². The summed E-state index contributed by atoms with van der Waals surface area (Å²) in [6, 6.07) is 0. The molecule has 0 bridgehead atoms. The fraction of sp³-hybridized carbons (Fsp3) is 1.00. The standard InChI is InChI=1S/C5H11ClFO6P/c1-9-2-3-10-4-5-11-14(8,12-6)13-7/h2-5H2,1H3. The summed E-state index contributed by atoms with van der Waals surface area (Å²) in [6.07, 6.45) is 0. The van der Waals surface area contributed by atoms with E-state index < -0.39 is 7.82 Å². The second-order valence-corrected chi connectivity index (χ2v) is 3.87. The largest absolute Gasteiger partial charge is 0.522 e. The molecule has 0 aliphatic carbocycles. The normalized spacial score (nSPS) is 15.4. The predicted molar refractivity (Wildman–Crippen MR) is 45.4 cm³/mol. The highest BCUT2D eigenvalue weighted by Crippen LogP contribution is 2.50. The van der Waals surface area contributed by atoms with Gasteiger partial charge in [0, 0.05) is 7.11 Å². The number of hydrogen-bond donors (Lipinski definition) is 0. The lowest BCUT2D eigenvalue weighted by Crippen LogP contribution is -2.07. The van der Waals surface area contributed by atoms with Gasteiger partial charge in [0.05, 0.1) is 38.3 Å². The molecule has 0 N–H and O–H groups in total. The molecule has 0 aromatic rings. The molecular formula is C5H11ClFO6P. The Balaban J connectivity index is 3.39. The highest BCUT2D eigenvalue weighted by atomic mass is 35.5. The van der Waals surface area contributed by atoms with Gasteiger partial charge in [-0.3, -0.25) is 4.52 Å². The zero-order valence-corrected chi connectivity index (χ0v) is 9.13. The average molecular weight is 253 g/mol. The highest BCUT2D eigenvalue weighted by molar-refractivity contribution is 7.49. The first-order valence-corrected chi connectivity index (χ1v) is 5.37. The molecule has 0 rings (SSSR count). The van der Waals surface area contributed by atoms with E-state index in [1.165, 1.54) is 7.11 Å². The summed E-state index contributed by atoms with van der Waals surface area (Å²) in [5.74, 6) is 0. The molecule has 0 aliphatic heterocycles. The van der Waals surface area contributed by atoms with E-state index in [-0.39, 0.29) is 13.2 Å². The Bertz CT molecular complexity index is 174. The van der Waals surface area contributed by atoms with Crippen molar-refractivity contribution in [2.45, 2.75) is 0 Å². The van der Waals surface area contributed by atoms with E-state index in [4.69, 9.17) is 4.74 Å². The molecule has 0 spiro atoms. The third-order valence-corrected chi connectivity index (χ3v) is 2.42. The molecular weight excluding hydrogens is 241 g/mol. The van der Waals surface area contributed by atoms with E-state index in [0.717, 1.165) is 0 Å². The zero-order chi connectivity index (χ0) is 10.9. The maximum absolute atomic E-state index is 11.5. The molecule has 0 fully saturated rings. The summed E-state index contributed by atoms with van der Waals surface area (Å²) in [6.45, 7) is 0.695. The van der Waals surface area contributed by atoms with Gasteiger partial charge in [-0.25, -0.2) is 4.57 Å². The molecule has 0 saturated carbocycles. The molecule has 0 aromatic carbocycles. The number of hydrogen-bond acceptors (Lipinski definition) is 6. The Labute approximate surface area is 85.9 Å². The fourth-order valence-electron chi connectivity index (χ4n) is 0.503. The average Bonchev–Trinajstić information content (AvgIpc) is 2.23. The fourth-order valence-corrected chi connectivity index (χ4v) is 1.09. The molecule has 9 heteroatoms. The van der Waals surface area contributed by atoms with Crippen LogP contribution in [-0.2, 0) is 27.4 Å². The van der Waals surface area contributed by atoms with E-state index in [1.807, 2.05) is 0 Å². The first-order chi connectivity index (χ1) is 6.68. The zero-order valence-electron chi connectivity index (χ0n) is 7.48. The third kappa shape index (κ3) is 6.67. The number of phosphoric acid groups is 1. The van der Waals surface area contributed by atoms with Crippen LogP contribution in [0.15, 0.2) is 0 Å². The van der Waals surface area contributed by atoms with Crippen LogP contribution < -0.4 is 0 Å². The highest BCUT2D eigenvalue weighted by Gasteiger charge is 2.27. The van der Waals surface area contributed by atoms with E-state index in [0.29, 0.717) is 13.2 Å². The Morgan fingerprint density at radius 1 is 1.29 bits per heavy atom. The number of ether oxygens (including phenoxy) is 2. The van der Waals surface area contributed by atoms with E-state index in [1.54, 1.807) is 0 Å². The first-order valence-electron chi connectivity index (χ1n) is 3.60. The second kappa shape index (κ2) is 8.55. The molecule has 0 aliphatic rings. The molecule has 1 unspecified atom stereocenters. The van der Waals surface area contributed by atoms with Crippen LogP contribution in [0.1, 0.15) is 0 Å². The summed E-state index contributed by atoms with van der Waals surface area (Å²) in [7, 11) is -2.73. The van der Waals surface area contributed by atoms with E-state index in [9.17, 15) is 9.09 Å². The lowest BCUT2D eigenvalue weighted by Gasteiger charge is -2.08. The molecule has 0 heterocycles. The molecule has 0 radical (unpaired) electrons. The second-order valence-electron chi connectivity index (χ2n) is 2.02. The molecule has 86 valence electrons. The SMILES string of the molecule is COCCOCCOP(=O)(OF)OCl. The number of methoxy groups -OCH3 is 1. The van der Waals surface area contributed by atoms with Gasteiger partial charge in [0.25, 0.3) is 0 Å². The van der Waals surface area contributed by atoms with Crippen molar-refractivity contribution in [3.63, 3.8) is 0 Å². The Kier molecular flexibility index (Phi) is 8.70. The quantitative estimate of drug-likeness (QED) is 0.461. The van der Waals surface area contributed by atoms with Gasteiger partial charge in [-0.1, -0.05) is 4.73 Å². The predicted octanol–water partition coefficient (Wildman–Crippen LogP) is 1.85. The van der Waals surface area contributed by atoms with Crippen LogP contribution in [0.5, 0.6) is 0 Å². The summed E-state index contributed by atoms with van der Waals surface area (Å²) in [4.78, 5) is 0. The third-order valence-electron chi connectivity index (χ3n) is 1.08. The van der Waals surface area contributed by atoms with Gasteiger partial charge >= 0.3 is 7.82 Å². The summed E-state index contributed by atoms with van der Waals surface area (Å²) in [5, 5.41) is 0. The summed E-state index contributed by atoms with van der Waals surface area (Å²) < 4.78 is 42.8. The minimum atomic E-state index is -4.25. The van der Waals surface area contributed by atoms with Gasteiger partial charge in [0.15, 0.2) is 0 Å². The monoisotopic (exact) mass is 252 g/mol. The van der Waals surface area contributed by atoms with Crippen LogP contribution in [0.3, 0.4) is 0 Å². The molecule has 0 saturated heterocycles. The van der Waals surface area contributed by atoms with Crippen molar-refractivity contribution < 1.29 is 31.9 Å². The summed E-state index contributed by atoms with van der Waals surface area (Å²) >= 11 is 4.66. The first kappa shape index (κ1) is 14.2. The van der Waals surface area contributed by atoms with Crippen molar-refractivity contribution in [1.29, 1.82) is 0 Å². The van der Waals surface area contributed by atoms with Crippen molar-refractivity contribution in [2.75, 3.05) is 33.5 Å². The molecule has 0 amide bonds. The van der Waals surface area contributed by atoms with Crippen molar-refractivity contribution in [1.82, 2.24) is 0 Å². The van der Waals surface area contributed by atoms with Crippen molar-refractivity contribution in [2.24, 2.45) is 0 Å². The van der Waals surface area contributed by atoms with Crippen LogP contribution in [0, 0.1) is 0 Å². The topological polar surface area (TPSA) is 63.2 Å². The van der Waals surface area contributed by atoms with Gasteiger partial charge in [-0.2, -0.15) is 4.08 Å². The van der Waals surface area contributed by atoms with Gasteiger partial charge in [0.1, 0.15) is 0 Å². The van der Waals surface area contributed by atoms with Crippen molar-refractivity contribution in [3.05, 3.63) is 0 Å². The van der Waals surface area contributed by atoms with Crippen molar-refractivity contribution >= 4 is 19.7 Å². The van der Waals surface area contributed by atoms with Gasteiger partial charge in [-0.05, 0) is 4.53 Å². The van der Waals surface area contributed by atoms with Gasteiger partial charge in [-0.15, -0.1) is 0 Å².